The monoisotopic (exact) mass is 384 g/mol. The van der Waals surface area contributed by atoms with Gasteiger partial charge < -0.3 is 11.5 Å². The van der Waals surface area contributed by atoms with Crippen molar-refractivity contribution in [3.63, 3.8) is 0 Å². The maximum atomic E-state index is 12.9. The van der Waals surface area contributed by atoms with Gasteiger partial charge in [-0.3, -0.25) is 0 Å². The van der Waals surface area contributed by atoms with Gasteiger partial charge in [0.1, 0.15) is 11.7 Å². The molecule has 0 fully saturated rings. The topological polar surface area (TPSA) is 111 Å². The van der Waals surface area contributed by atoms with Gasteiger partial charge in [0.2, 0.25) is 5.11 Å². The molecular weight excluding hydrogens is 368 g/mol. The van der Waals surface area contributed by atoms with E-state index < -0.39 is 9.84 Å². The van der Waals surface area contributed by atoms with Crippen molar-refractivity contribution >= 4 is 44.4 Å². The average molecular weight is 384 g/mol. The second-order valence-electron chi connectivity index (χ2n) is 5.57. The normalized spacial score (nSPS) is 14.6. The minimum Gasteiger partial charge on any atom is -0.383 e. The van der Waals surface area contributed by atoms with Gasteiger partial charge in [0, 0.05) is 0 Å². The van der Waals surface area contributed by atoms with Gasteiger partial charge in [-0.15, -0.1) is 0 Å². The minimum atomic E-state index is -3.63. The SMILES string of the molecule is NC1=NC(=S)N=C(N)C1=C(CS(=O)(=O)c1ccccc1)c1ccccc1. The highest BCUT2D eigenvalue weighted by atomic mass is 32.2. The van der Waals surface area contributed by atoms with Crippen LogP contribution in [0.4, 0.5) is 0 Å². The molecule has 0 saturated carbocycles. The van der Waals surface area contributed by atoms with Crippen molar-refractivity contribution in [3.8, 4) is 0 Å². The molecule has 3 rings (SSSR count). The summed E-state index contributed by atoms with van der Waals surface area (Å²) in [7, 11) is -3.63. The third kappa shape index (κ3) is 3.71. The zero-order chi connectivity index (χ0) is 18.7. The summed E-state index contributed by atoms with van der Waals surface area (Å²) in [6.07, 6.45) is 0. The van der Waals surface area contributed by atoms with Gasteiger partial charge >= 0.3 is 0 Å². The molecule has 6 nitrogen and oxygen atoms in total. The fraction of sp³-hybridized carbons (Fsp3) is 0.0556. The first-order chi connectivity index (χ1) is 12.4. The summed E-state index contributed by atoms with van der Waals surface area (Å²) in [6, 6.07) is 17.2. The molecule has 0 aliphatic carbocycles. The van der Waals surface area contributed by atoms with Crippen LogP contribution < -0.4 is 11.5 Å². The quantitative estimate of drug-likeness (QED) is 0.783. The third-order valence-electron chi connectivity index (χ3n) is 3.81. The van der Waals surface area contributed by atoms with Crippen molar-refractivity contribution in [2.24, 2.45) is 21.5 Å². The second kappa shape index (κ2) is 7.19. The molecule has 4 N–H and O–H groups in total. The van der Waals surface area contributed by atoms with E-state index in [1.54, 1.807) is 54.6 Å². The molecule has 0 radical (unpaired) electrons. The molecule has 26 heavy (non-hydrogen) atoms. The maximum Gasteiger partial charge on any atom is 0.223 e. The number of hydrogen-bond donors (Lipinski definition) is 2. The van der Waals surface area contributed by atoms with Crippen LogP contribution in [-0.4, -0.2) is 31.0 Å². The van der Waals surface area contributed by atoms with Crippen molar-refractivity contribution in [2.45, 2.75) is 4.90 Å². The number of thiocarbonyl (C=S) groups is 1. The van der Waals surface area contributed by atoms with Gasteiger partial charge in [-0.2, -0.15) is 0 Å². The van der Waals surface area contributed by atoms with E-state index in [-0.39, 0.29) is 27.4 Å². The lowest BCUT2D eigenvalue weighted by Gasteiger charge is -2.18. The number of nitrogens with two attached hydrogens (primary N) is 2. The molecule has 0 amide bonds. The van der Waals surface area contributed by atoms with Crippen molar-refractivity contribution < 1.29 is 8.42 Å². The smallest absolute Gasteiger partial charge is 0.223 e. The molecule has 132 valence electrons. The number of hydrogen-bond acceptors (Lipinski definition) is 5. The highest BCUT2D eigenvalue weighted by Gasteiger charge is 2.25. The Balaban J connectivity index is 2.18. The van der Waals surface area contributed by atoms with Gasteiger partial charge in [0.05, 0.1) is 16.2 Å². The summed E-state index contributed by atoms with van der Waals surface area (Å²) < 4.78 is 25.8. The molecule has 1 aliphatic heterocycles. The molecule has 0 atom stereocenters. The third-order valence-corrected chi connectivity index (χ3v) is 5.65. The molecule has 8 heteroatoms. The number of nitrogens with zero attached hydrogens (tertiary/aromatic N) is 2. The zero-order valence-electron chi connectivity index (χ0n) is 13.7. The lowest BCUT2D eigenvalue weighted by Crippen LogP contribution is -2.33. The van der Waals surface area contributed by atoms with E-state index >= 15 is 0 Å². The van der Waals surface area contributed by atoms with Crippen LogP contribution in [0.1, 0.15) is 5.56 Å². The fourth-order valence-electron chi connectivity index (χ4n) is 2.62. The van der Waals surface area contributed by atoms with Crippen LogP contribution >= 0.6 is 12.2 Å². The number of sulfone groups is 1. The largest absolute Gasteiger partial charge is 0.383 e. The summed E-state index contributed by atoms with van der Waals surface area (Å²) in [6.45, 7) is 0. The first kappa shape index (κ1) is 18.0. The fourth-order valence-corrected chi connectivity index (χ4v) is 4.25. The molecule has 0 bridgehead atoms. The van der Waals surface area contributed by atoms with Crippen molar-refractivity contribution in [1.82, 2.24) is 0 Å². The molecule has 0 aromatic heterocycles. The van der Waals surface area contributed by atoms with Crippen LogP contribution in [-0.2, 0) is 9.84 Å². The Bertz CT molecular complexity index is 1020. The first-order valence-electron chi connectivity index (χ1n) is 7.68. The molecule has 2 aromatic rings. The van der Waals surface area contributed by atoms with E-state index in [2.05, 4.69) is 9.98 Å². The van der Waals surface area contributed by atoms with Gasteiger partial charge in [0.25, 0.3) is 0 Å². The second-order valence-corrected chi connectivity index (χ2v) is 7.92. The van der Waals surface area contributed by atoms with Gasteiger partial charge in [-0.25, -0.2) is 18.4 Å². The lowest BCUT2D eigenvalue weighted by molar-refractivity contribution is 0.599. The summed E-state index contributed by atoms with van der Waals surface area (Å²) in [5, 5.41) is 0.0158. The molecule has 1 heterocycles. The number of amidine groups is 2. The molecule has 0 saturated heterocycles. The molecule has 1 aliphatic rings. The summed E-state index contributed by atoms with van der Waals surface area (Å²) in [5.74, 6) is -0.176. The van der Waals surface area contributed by atoms with E-state index in [9.17, 15) is 8.42 Å². The van der Waals surface area contributed by atoms with Crippen LogP contribution in [0.5, 0.6) is 0 Å². The predicted octanol–water partition coefficient (Wildman–Crippen LogP) is 1.93. The Morgan fingerprint density at radius 3 is 1.92 bits per heavy atom. The summed E-state index contributed by atoms with van der Waals surface area (Å²) in [5.41, 5.74) is 13.4. The minimum absolute atomic E-state index is 0.0158. The Morgan fingerprint density at radius 2 is 1.38 bits per heavy atom. The van der Waals surface area contributed by atoms with E-state index in [1.807, 2.05) is 6.07 Å². The van der Waals surface area contributed by atoms with E-state index in [4.69, 9.17) is 23.7 Å². The number of rotatable bonds is 4. The Hall–Kier alpha value is -2.84. The Morgan fingerprint density at radius 1 is 0.885 bits per heavy atom. The van der Waals surface area contributed by atoms with Crippen molar-refractivity contribution in [3.05, 3.63) is 71.8 Å². The van der Waals surface area contributed by atoms with Gasteiger partial charge in [0.15, 0.2) is 9.84 Å². The summed E-state index contributed by atoms with van der Waals surface area (Å²) >= 11 is 4.93. The van der Waals surface area contributed by atoms with E-state index in [0.717, 1.165) is 0 Å². The van der Waals surface area contributed by atoms with Crippen LogP contribution in [0.15, 0.2) is 81.1 Å². The van der Waals surface area contributed by atoms with Crippen LogP contribution in [0.25, 0.3) is 5.57 Å². The standard InChI is InChI=1S/C18H16N4O2S2/c19-16-15(17(20)22-18(25)21-16)14(12-7-3-1-4-8-12)11-26(23,24)13-9-5-2-6-10-13/h1-10H,11H2,(H4,19,20,21,22,25). The zero-order valence-corrected chi connectivity index (χ0v) is 15.3. The predicted molar refractivity (Wildman–Crippen MR) is 108 cm³/mol. The van der Waals surface area contributed by atoms with Gasteiger partial charge in [-0.1, -0.05) is 48.5 Å². The van der Waals surface area contributed by atoms with Crippen LogP contribution in [0, 0.1) is 0 Å². The number of benzene rings is 2. The van der Waals surface area contributed by atoms with Crippen LogP contribution in [0.2, 0.25) is 0 Å². The van der Waals surface area contributed by atoms with E-state index in [0.29, 0.717) is 16.7 Å². The van der Waals surface area contributed by atoms with Crippen molar-refractivity contribution in [2.75, 3.05) is 5.75 Å². The maximum absolute atomic E-state index is 12.9. The van der Waals surface area contributed by atoms with Crippen LogP contribution in [0.3, 0.4) is 0 Å². The molecule has 0 spiro atoms. The molecular formula is C18H16N4O2S2. The average Bonchev–Trinajstić information content (AvgIpc) is 2.61. The lowest BCUT2D eigenvalue weighted by atomic mass is 9.99. The Labute approximate surface area is 156 Å². The number of aliphatic imine (C=N–C) groups is 2. The first-order valence-corrected chi connectivity index (χ1v) is 9.74. The van der Waals surface area contributed by atoms with Gasteiger partial charge in [-0.05, 0) is 35.5 Å². The highest BCUT2D eigenvalue weighted by Crippen LogP contribution is 2.25. The summed E-state index contributed by atoms with van der Waals surface area (Å²) in [4.78, 5) is 8.15. The Kier molecular flexibility index (Phi) is 4.97. The van der Waals surface area contributed by atoms with E-state index in [1.165, 1.54) is 0 Å². The highest BCUT2D eigenvalue weighted by molar-refractivity contribution is 7.91. The van der Waals surface area contributed by atoms with Crippen molar-refractivity contribution in [1.29, 1.82) is 0 Å². The molecule has 2 aromatic carbocycles. The molecule has 0 unspecified atom stereocenters.